The highest BCUT2D eigenvalue weighted by atomic mass is 35.5. The minimum atomic E-state index is -3.96. The highest BCUT2D eigenvalue weighted by molar-refractivity contribution is 7.81. The first-order valence-electron chi connectivity index (χ1n) is 15.7. The fraction of sp³-hybridized carbons (Fsp3) is 0.545. The smallest absolute Gasteiger partial charge is 0.380 e. The standard InChI is InChI=1S/C23H32ClN5O3S.C7H7Cl.C3H5F3/c1-16(30)26-8-10-28(11-9-26)23(32)20-3-2-17(12-21(20)24)25-18-13-29(14-18)19-4-6-27(7-5-19)22(31)15-33;1-6-3-2-4-7(8)5-6;1-2-3(4,5)6/h2-3,12,18-19,25,33H,4-11,13-15H2,1H3;2-5H,1H3;2H2,1H3. The van der Waals surface area contributed by atoms with Crippen LogP contribution in [0, 0.1) is 6.92 Å². The topological polar surface area (TPSA) is 76.2 Å². The summed E-state index contributed by atoms with van der Waals surface area (Å²) in [5, 5.41) is 4.77. The van der Waals surface area contributed by atoms with E-state index in [2.05, 4.69) is 22.8 Å². The SMILES string of the molecule is CC(=O)N1CCN(C(=O)c2ccc(NC3CN(C4CCN(C(=O)CS)CC4)C3)cc2Cl)CC1.CCC(F)(F)F.Cc1cccc(Cl)c1. The van der Waals surface area contributed by atoms with Crippen LogP contribution in [0.4, 0.5) is 18.9 Å². The number of hydrogen-bond acceptors (Lipinski definition) is 6. The number of halogens is 5. The van der Waals surface area contributed by atoms with Crippen LogP contribution in [0.3, 0.4) is 0 Å². The van der Waals surface area contributed by atoms with Crippen molar-refractivity contribution in [2.75, 3.05) is 63.4 Å². The number of anilines is 1. The summed E-state index contributed by atoms with van der Waals surface area (Å²) >= 11 is 16.2. The molecule has 0 aliphatic carbocycles. The number of likely N-dealkylation sites (tertiary alicyclic amines) is 2. The van der Waals surface area contributed by atoms with Crippen molar-refractivity contribution < 1.29 is 27.6 Å². The molecule has 3 heterocycles. The number of benzene rings is 2. The molecule has 3 saturated heterocycles. The summed E-state index contributed by atoms with van der Waals surface area (Å²) < 4.78 is 32.4. The molecular weight excluding hydrogens is 674 g/mol. The monoisotopic (exact) mass is 717 g/mol. The molecule has 2 aromatic rings. The van der Waals surface area contributed by atoms with Crippen LogP contribution in [0.25, 0.3) is 0 Å². The number of carbonyl (C=O) groups excluding carboxylic acids is 3. The van der Waals surface area contributed by atoms with Crippen molar-refractivity contribution in [1.82, 2.24) is 19.6 Å². The van der Waals surface area contributed by atoms with E-state index in [0.29, 0.717) is 48.8 Å². The Kier molecular flexibility index (Phi) is 15.0. The van der Waals surface area contributed by atoms with E-state index in [1.165, 1.54) is 5.56 Å². The first kappa shape index (κ1) is 38.8. The zero-order valence-corrected chi connectivity index (χ0v) is 29.4. The second-order valence-electron chi connectivity index (χ2n) is 11.8. The van der Waals surface area contributed by atoms with E-state index in [-0.39, 0.29) is 23.5 Å². The van der Waals surface area contributed by atoms with E-state index in [4.69, 9.17) is 23.2 Å². The molecule has 3 amide bonds. The van der Waals surface area contributed by atoms with Gasteiger partial charge in [-0.05, 0) is 55.7 Å². The highest BCUT2D eigenvalue weighted by Crippen LogP contribution is 2.27. The lowest BCUT2D eigenvalue weighted by molar-refractivity contribution is -0.131. The number of alkyl halides is 3. The minimum Gasteiger partial charge on any atom is -0.380 e. The first-order valence-corrected chi connectivity index (χ1v) is 17.1. The molecule has 0 spiro atoms. The fourth-order valence-electron chi connectivity index (χ4n) is 5.50. The Bertz CT molecular complexity index is 1330. The molecule has 0 bridgehead atoms. The lowest BCUT2D eigenvalue weighted by Gasteiger charge is -2.47. The lowest BCUT2D eigenvalue weighted by Crippen LogP contribution is -2.60. The third kappa shape index (κ3) is 12.4. The average Bonchev–Trinajstić information content (AvgIpc) is 3.02. The predicted molar refractivity (Wildman–Crippen MR) is 185 cm³/mol. The van der Waals surface area contributed by atoms with Crippen molar-refractivity contribution in [3.05, 3.63) is 63.6 Å². The number of nitrogens with one attached hydrogen (secondary N) is 1. The van der Waals surface area contributed by atoms with Gasteiger partial charge in [-0.2, -0.15) is 25.8 Å². The van der Waals surface area contributed by atoms with E-state index in [1.807, 2.05) is 48.2 Å². The third-order valence-electron chi connectivity index (χ3n) is 8.34. The molecule has 2 aromatic carbocycles. The van der Waals surface area contributed by atoms with Gasteiger partial charge in [-0.15, -0.1) is 0 Å². The summed E-state index contributed by atoms with van der Waals surface area (Å²) in [7, 11) is 0. The van der Waals surface area contributed by atoms with Crippen LogP contribution < -0.4 is 5.32 Å². The van der Waals surface area contributed by atoms with Gasteiger partial charge in [0.1, 0.15) is 0 Å². The number of hydrogen-bond donors (Lipinski definition) is 2. The molecule has 0 radical (unpaired) electrons. The van der Waals surface area contributed by atoms with Crippen molar-refractivity contribution in [2.45, 2.75) is 58.3 Å². The Morgan fingerprint density at radius 2 is 1.51 bits per heavy atom. The normalized spacial score (nSPS) is 17.5. The summed E-state index contributed by atoms with van der Waals surface area (Å²) in [6.07, 6.45) is -2.67. The predicted octanol–water partition coefficient (Wildman–Crippen LogP) is 6.27. The Morgan fingerprint density at radius 1 is 0.915 bits per heavy atom. The number of aryl methyl sites for hydroxylation is 1. The maximum absolute atomic E-state index is 12.9. The van der Waals surface area contributed by atoms with Crippen LogP contribution in [-0.4, -0.2) is 114 Å². The molecule has 1 N–H and O–H groups in total. The van der Waals surface area contributed by atoms with Gasteiger partial charge >= 0.3 is 6.18 Å². The Morgan fingerprint density at radius 3 is 1.98 bits per heavy atom. The molecule has 5 rings (SSSR count). The van der Waals surface area contributed by atoms with Crippen molar-refractivity contribution in [1.29, 1.82) is 0 Å². The molecule has 0 unspecified atom stereocenters. The molecule has 3 aliphatic heterocycles. The summed E-state index contributed by atoms with van der Waals surface area (Å²) in [6.45, 7) is 10.4. The van der Waals surface area contributed by atoms with Gasteiger partial charge < -0.3 is 20.0 Å². The average molecular weight is 719 g/mol. The van der Waals surface area contributed by atoms with Crippen LogP contribution >= 0.6 is 35.8 Å². The van der Waals surface area contributed by atoms with Gasteiger partial charge in [-0.1, -0.05) is 42.3 Å². The molecule has 0 aromatic heterocycles. The van der Waals surface area contributed by atoms with E-state index >= 15 is 0 Å². The highest BCUT2D eigenvalue weighted by Gasteiger charge is 2.35. The minimum absolute atomic E-state index is 0.0409. The number of carbonyl (C=O) groups is 3. The van der Waals surface area contributed by atoms with Crippen molar-refractivity contribution in [3.8, 4) is 0 Å². The number of thiol groups is 1. The van der Waals surface area contributed by atoms with Gasteiger partial charge in [0, 0.05) is 82.5 Å². The second kappa shape index (κ2) is 18.2. The van der Waals surface area contributed by atoms with Crippen LogP contribution in [0.2, 0.25) is 10.0 Å². The van der Waals surface area contributed by atoms with Crippen molar-refractivity contribution >= 4 is 59.2 Å². The molecular formula is C33H44Cl2F3N5O3S. The second-order valence-corrected chi connectivity index (χ2v) is 13.0. The summed E-state index contributed by atoms with van der Waals surface area (Å²) in [4.78, 5) is 44.0. The number of piperidine rings is 1. The van der Waals surface area contributed by atoms with Crippen molar-refractivity contribution in [3.63, 3.8) is 0 Å². The lowest BCUT2D eigenvalue weighted by atomic mass is 9.97. The van der Waals surface area contributed by atoms with E-state index in [9.17, 15) is 27.6 Å². The fourth-order valence-corrected chi connectivity index (χ4v) is 6.20. The van der Waals surface area contributed by atoms with Gasteiger partial charge in [0.25, 0.3) is 5.91 Å². The summed E-state index contributed by atoms with van der Waals surface area (Å²) in [5.74, 6) is 0.354. The molecule has 0 atom stereocenters. The van der Waals surface area contributed by atoms with Gasteiger partial charge in [0.2, 0.25) is 11.8 Å². The first-order chi connectivity index (χ1) is 22.2. The van der Waals surface area contributed by atoms with E-state index < -0.39 is 12.6 Å². The Labute approximate surface area is 290 Å². The third-order valence-corrected chi connectivity index (χ3v) is 9.16. The largest absolute Gasteiger partial charge is 0.388 e. The van der Waals surface area contributed by atoms with Gasteiger partial charge in [0.05, 0.1) is 22.4 Å². The van der Waals surface area contributed by atoms with Crippen LogP contribution in [0.15, 0.2) is 42.5 Å². The Hall–Kier alpha value is -2.67. The number of nitrogens with zero attached hydrogens (tertiary/aromatic N) is 4. The zero-order chi connectivity index (χ0) is 34.7. The molecule has 3 aliphatic rings. The quantitative estimate of drug-likeness (QED) is 0.357. The van der Waals surface area contributed by atoms with Crippen LogP contribution in [0.1, 0.15) is 49.0 Å². The number of piperazine rings is 1. The maximum atomic E-state index is 12.9. The molecule has 14 heteroatoms. The zero-order valence-electron chi connectivity index (χ0n) is 27.0. The molecule has 0 saturated carbocycles. The summed E-state index contributed by atoms with van der Waals surface area (Å²) in [5.41, 5.74) is 2.62. The Balaban J connectivity index is 0.000000355. The molecule has 47 heavy (non-hydrogen) atoms. The van der Waals surface area contributed by atoms with Crippen LogP contribution in [0.5, 0.6) is 0 Å². The van der Waals surface area contributed by atoms with Gasteiger partial charge in [0.15, 0.2) is 0 Å². The van der Waals surface area contributed by atoms with E-state index in [0.717, 1.165) is 56.7 Å². The number of amides is 3. The molecule has 8 nitrogen and oxygen atoms in total. The van der Waals surface area contributed by atoms with Gasteiger partial charge in [-0.3, -0.25) is 19.3 Å². The van der Waals surface area contributed by atoms with Crippen LogP contribution in [-0.2, 0) is 9.59 Å². The van der Waals surface area contributed by atoms with E-state index in [1.54, 1.807) is 22.8 Å². The molecule has 3 fully saturated rings. The summed E-state index contributed by atoms with van der Waals surface area (Å²) in [6, 6.07) is 14.2. The van der Waals surface area contributed by atoms with Crippen molar-refractivity contribution in [2.24, 2.45) is 0 Å². The van der Waals surface area contributed by atoms with Gasteiger partial charge in [-0.25, -0.2) is 0 Å². The molecule has 260 valence electrons. The maximum Gasteiger partial charge on any atom is 0.388 e. The number of rotatable bonds is 5.